The van der Waals surface area contributed by atoms with Gasteiger partial charge in [0.25, 0.3) is 0 Å². The molecule has 0 aliphatic heterocycles. The first-order chi connectivity index (χ1) is 8.63. The van der Waals surface area contributed by atoms with Crippen LogP contribution in [-0.2, 0) is 4.79 Å². The molecule has 3 N–H and O–H groups in total. The molecular weight excluding hydrogens is 228 g/mol. The molecule has 2 aromatic rings. The predicted molar refractivity (Wildman–Crippen MR) is 72.1 cm³/mol. The number of anilines is 3. The molecule has 2 aromatic carbocycles. The summed E-state index contributed by atoms with van der Waals surface area (Å²) in [4.78, 5) is 10.9. The van der Waals surface area contributed by atoms with Gasteiger partial charge in [-0.3, -0.25) is 4.79 Å². The van der Waals surface area contributed by atoms with Crippen molar-refractivity contribution in [1.82, 2.24) is 0 Å². The fraction of sp³-hybridized carbons (Fsp3) is 0.0714. The fourth-order valence-corrected chi connectivity index (χ4v) is 1.55. The van der Waals surface area contributed by atoms with Crippen molar-refractivity contribution in [3.8, 4) is 5.75 Å². The van der Waals surface area contributed by atoms with Gasteiger partial charge in [0.2, 0.25) is 5.91 Å². The molecule has 0 unspecified atom stereocenters. The van der Waals surface area contributed by atoms with E-state index in [2.05, 4.69) is 10.6 Å². The van der Waals surface area contributed by atoms with Gasteiger partial charge in [-0.15, -0.1) is 0 Å². The van der Waals surface area contributed by atoms with Crippen molar-refractivity contribution in [2.24, 2.45) is 0 Å². The Balaban J connectivity index is 2.06. The average Bonchev–Trinajstić information content (AvgIpc) is 2.34. The van der Waals surface area contributed by atoms with Crippen molar-refractivity contribution in [3.63, 3.8) is 0 Å². The monoisotopic (exact) mass is 242 g/mol. The summed E-state index contributed by atoms with van der Waals surface area (Å²) in [5.41, 5.74) is 2.56. The van der Waals surface area contributed by atoms with Crippen LogP contribution in [0.1, 0.15) is 6.92 Å². The van der Waals surface area contributed by atoms with E-state index in [1.165, 1.54) is 6.92 Å². The van der Waals surface area contributed by atoms with Gasteiger partial charge in [-0.25, -0.2) is 0 Å². The fourth-order valence-electron chi connectivity index (χ4n) is 1.55. The highest BCUT2D eigenvalue weighted by atomic mass is 16.3. The van der Waals surface area contributed by atoms with Gasteiger partial charge in [0.05, 0.1) is 0 Å². The maximum Gasteiger partial charge on any atom is 0.221 e. The van der Waals surface area contributed by atoms with Gasteiger partial charge in [0, 0.05) is 24.0 Å². The molecule has 18 heavy (non-hydrogen) atoms. The third kappa shape index (κ3) is 3.25. The second-order valence-corrected chi connectivity index (χ2v) is 3.93. The van der Waals surface area contributed by atoms with Gasteiger partial charge in [-0.05, 0) is 48.5 Å². The quantitative estimate of drug-likeness (QED) is 0.725. The number of phenols is 1. The van der Waals surface area contributed by atoms with Crippen LogP contribution in [-0.4, -0.2) is 11.0 Å². The van der Waals surface area contributed by atoms with Crippen LogP contribution < -0.4 is 10.6 Å². The van der Waals surface area contributed by atoms with Crippen LogP contribution in [0.25, 0.3) is 0 Å². The second-order valence-electron chi connectivity index (χ2n) is 3.93. The van der Waals surface area contributed by atoms with Gasteiger partial charge >= 0.3 is 0 Å². The van der Waals surface area contributed by atoms with E-state index in [1.807, 2.05) is 24.3 Å². The summed E-state index contributed by atoms with van der Waals surface area (Å²) in [7, 11) is 0. The number of nitrogens with one attached hydrogen (secondary N) is 2. The maximum absolute atomic E-state index is 10.9. The van der Waals surface area contributed by atoms with Gasteiger partial charge < -0.3 is 15.7 Å². The molecule has 92 valence electrons. The van der Waals surface area contributed by atoms with Gasteiger partial charge in [-0.2, -0.15) is 0 Å². The van der Waals surface area contributed by atoms with Crippen LogP contribution >= 0.6 is 0 Å². The number of carbonyl (C=O) groups is 1. The summed E-state index contributed by atoms with van der Waals surface area (Å²) in [6.45, 7) is 1.47. The van der Waals surface area contributed by atoms with Crippen LogP contribution in [0.15, 0.2) is 48.5 Å². The highest BCUT2D eigenvalue weighted by Crippen LogP contribution is 2.20. The summed E-state index contributed by atoms with van der Waals surface area (Å²) in [6.07, 6.45) is 0. The lowest BCUT2D eigenvalue weighted by Crippen LogP contribution is -2.05. The highest BCUT2D eigenvalue weighted by Gasteiger charge is 1.97. The Labute approximate surface area is 105 Å². The molecule has 0 fully saturated rings. The van der Waals surface area contributed by atoms with Gasteiger partial charge in [0.1, 0.15) is 5.75 Å². The zero-order valence-electron chi connectivity index (χ0n) is 9.97. The smallest absolute Gasteiger partial charge is 0.221 e. The van der Waals surface area contributed by atoms with E-state index in [-0.39, 0.29) is 11.7 Å². The standard InChI is InChI=1S/C14H14N2O2/c1-10(17)15-11-2-4-12(5-3-11)16-13-6-8-14(18)9-7-13/h2-9,16,18H,1H3,(H,15,17). The predicted octanol–water partition coefficient (Wildman–Crippen LogP) is 3.09. The van der Waals surface area contributed by atoms with E-state index in [9.17, 15) is 9.90 Å². The highest BCUT2D eigenvalue weighted by molar-refractivity contribution is 5.88. The van der Waals surface area contributed by atoms with E-state index >= 15 is 0 Å². The van der Waals surface area contributed by atoms with Crippen LogP contribution in [0, 0.1) is 0 Å². The number of benzene rings is 2. The minimum atomic E-state index is -0.0887. The van der Waals surface area contributed by atoms with Crippen molar-refractivity contribution in [3.05, 3.63) is 48.5 Å². The first-order valence-corrected chi connectivity index (χ1v) is 5.57. The topological polar surface area (TPSA) is 61.4 Å². The van der Waals surface area contributed by atoms with E-state index in [0.29, 0.717) is 0 Å². The molecule has 0 aliphatic rings. The zero-order valence-corrected chi connectivity index (χ0v) is 9.97. The molecule has 0 saturated heterocycles. The largest absolute Gasteiger partial charge is 0.508 e. The molecule has 0 saturated carbocycles. The number of rotatable bonds is 3. The third-order valence-corrected chi connectivity index (χ3v) is 2.36. The normalized spacial score (nSPS) is 9.83. The Bertz CT molecular complexity index is 533. The Morgan fingerprint density at radius 3 is 1.83 bits per heavy atom. The number of hydrogen-bond acceptors (Lipinski definition) is 3. The van der Waals surface area contributed by atoms with Crippen LogP contribution in [0.2, 0.25) is 0 Å². The number of phenolic OH excluding ortho intramolecular Hbond substituents is 1. The molecule has 4 heteroatoms. The van der Waals surface area contributed by atoms with Crippen molar-refractivity contribution in [2.45, 2.75) is 6.92 Å². The lowest BCUT2D eigenvalue weighted by atomic mass is 10.2. The maximum atomic E-state index is 10.9. The summed E-state index contributed by atoms with van der Waals surface area (Å²) in [6, 6.07) is 14.2. The first kappa shape index (κ1) is 12.0. The number of amides is 1. The van der Waals surface area contributed by atoms with Crippen molar-refractivity contribution in [2.75, 3.05) is 10.6 Å². The van der Waals surface area contributed by atoms with E-state index in [4.69, 9.17) is 0 Å². The average molecular weight is 242 g/mol. The SMILES string of the molecule is CC(=O)Nc1ccc(Nc2ccc(O)cc2)cc1. The second kappa shape index (κ2) is 5.23. The van der Waals surface area contributed by atoms with Crippen molar-refractivity contribution in [1.29, 1.82) is 0 Å². The summed E-state index contributed by atoms with van der Waals surface area (Å²) in [5.74, 6) is 0.149. The summed E-state index contributed by atoms with van der Waals surface area (Å²) in [5, 5.41) is 15.1. The number of carbonyl (C=O) groups excluding carboxylic acids is 1. The molecule has 0 spiro atoms. The molecule has 0 radical (unpaired) electrons. The van der Waals surface area contributed by atoms with Gasteiger partial charge in [0.15, 0.2) is 0 Å². The van der Waals surface area contributed by atoms with E-state index in [0.717, 1.165) is 17.1 Å². The lowest BCUT2D eigenvalue weighted by molar-refractivity contribution is -0.114. The minimum Gasteiger partial charge on any atom is -0.508 e. The minimum absolute atomic E-state index is 0.0887. The number of hydrogen-bond donors (Lipinski definition) is 3. The Morgan fingerprint density at radius 2 is 1.33 bits per heavy atom. The Hall–Kier alpha value is -2.49. The summed E-state index contributed by atoms with van der Waals surface area (Å²) < 4.78 is 0. The van der Waals surface area contributed by atoms with Crippen molar-refractivity contribution < 1.29 is 9.90 Å². The molecule has 0 aromatic heterocycles. The molecule has 0 bridgehead atoms. The molecule has 2 rings (SSSR count). The molecule has 0 heterocycles. The first-order valence-electron chi connectivity index (χ1n) is 5.57. The molecular formula is C14H14N2O2. The van der Waals surface area contributed by atoms with E-state index < -0.39 is 0 Å². The van der Waals surface area contributed by atoms with Gasteiger partial charge in [-0.1, -0.05) is 0 Å². The Kier molecular flexibility index (Phi) is 3.48. The molecule has 1 amide bonds. The van der Waals surface area contributed by atoms with E-state index in [1.54, 1.807) is 24.3 Å². The molecule has 4 nitrogen and oxygen atoms in total. The third-order valence-electron chi connectivity index (χ3n) is 2.36. The van der Waals surface area contributed by atoms with Crippen LogP contribution in [0.5, 0.6) is 5.75 Å². The molecule has 0 atom stereocenters. The van der Waals surface area contributed by atoms with Crippen molar-refractivity contribution >= 4 is 23.0 Å². The Morgan fingerprint density at radius 1 is 0.889 bits per heavy atom. The van der Waals surface area contributed by atoms with Crippen LogP contribution in [0.4, 0.5) is 17.1 Å². The summed E-state index contributed by atoms with van der Waals surface area (Å²) >= 11 is 0. The zero-order chi connectivity index (χ0) is 13.0. The lowest BCUT2D eigenvalue weighted by Gasteiger charge is -2.08. The number of aromatic hydroxyl groups is 1. The molecule has 0 aliphatic carbocycles. The van der Waals surface area contributed by atoms with Crippen LogP contribution in [0.3, 0.4) is 0 Å².